The monoisotopic (exact) mass is 253 g/mol. The lowest BCUT2D eigenvalue weighted by Crippen LogP contribution is -2.29. The van der Waals surface area contributed by atoms with Gasteiger partial charge in [-0.1, -0.05) is 6.92 Å². The van der Waals surface area contributed by atoms with Crippen LogP contribution in [-0.4, -0.2) is 35.1 Å². The van der Waals surface area contributed by atoms with E-state index < -0.39 is 0 Å². The maximum absolute atomic E-state index is 12.2. The van der Waals surface area contributed by atoms with Gasteiger partial charge in [0, 0.05) is 23.9 Å². The van der Waals surface area contributed by atoms with Gasteiger partial charge in [-0.25, -0.2) is 0 Å². The van der Waals surface area contributed by atoms with Gasteiger partial charge < -0.3 is 10.0 Å². The first-order chi connectivity index (χ1) is 8.11. The number of amides is 1. The molecule has 1 saturated heterocycles. The summed E-state index contributed by atoms with van der Waals surface area (Å²) in [5.74, 6) is 0.363. The van der Waals surface area contributed by atoms with E-state index in [1.807, 2.05) is 17.0 Å². The normalized spacial score (nSPS) is 21.8. The molecule has 1 amide bonds. The second-order valence-corrected chi connectivity index (χ2v) is 5.83. The summed E-state index contributed by atoms with van der Waals surface area (Å²) < 4.78 is 0. The molecule has 1 aromatic rings. The minimum absolute atomic E-state index is 0.123. The van der Waals surface area contributed by atoms with Crippen LogP contribution in [0, 0.1) is 5.92 Å². The molecule has 2 atom stereocenters. The maximum atomic E-state index is 12.2. The van der Waals surface area contributed by atoms with Crippen molar-refractivity contribution in [3.63, 3.8) is 0 Å². The Labute approximate surface area is 106 Å². The quantitative estimate of drug-likeness (QED) is 0.896. The molecular weight excluding hydrogens is 234 g/mol. The molecule has 17 heavy (non-hydrogen) atoms. The largest absolute Gasteiger partial charge is 0.393 e. The summed E-state index contributed by atoms with van der Waals surface area (Å²) in [5.41, 5.74) is 0. The van der Waals surface area contributed by atoms with Crippen molar-refractivity contribution in [2.75, 3.05) is 13.1 Å². The Hall–Kier alpha value is -0.870. The van der Waals surface area contributed by atoms with Crippen LogP contribution < -0.4 is 0 Å². The Kier molecular flexibility index (Phi) is 3.84. The van der Waals surface area contributed by atoms with Crippen LogP contribution in [0.15, 0.2) is 12.1 Å². The molecule has 0 spiro atoms. The number of hydrogen-bond donors (Lipinski definition) is 1. The zero-order valence-corrected chi connectivity index (χ0v) is 11.2. The van der Waals surface area contributed by atoms with E-state index in [0.717, 1.165) is 24.3 Å². The highest BCUT2D eigenvalue weighted by molar-refractivity contribution is 7.14. The molecule has 1 aromatic heterocycles. The van der Waals surface area contributed by atoms with E-state index in [4.69, 9.17) is 0 Å². The highest BCUT2D eigenvalue weighted by Gasteiger charge is 2.29. The molecule has 0 aromatic carbocycles. The first-order valence-corrected chi connectivity index (χ1v) is 6.99. The fraction of sp³-hybridized carbons (Fsp3) is 0.615. The fourth-order valence-electron chi connectivity index (χ4n) is 2.20. The summed E-state index contributed by atoms with van der Waals surface area (Å²) in [6.45, 7) is 5.36. The summed E-state index contributed by atoms with van der Waals surface area (Å²) in [5, 5.41) is 9.53. The van der Waals surface area contributed by atoms with Crippen LogP contribution in [-0.2, 0) is 6.42 Å². The molecule has 2 rings (SSSR count). The van der Waals surface area contributed by atoms with Crippen LogP contribution in [0.1, 0.15) is 34.8 Å². The Balaban J connectivity index is 2.01. The van der Waals surface area contributed by atoms with E-state index in [0.29, 0.717) is 6.54 Å². The topological polar surface area (TPSA) is 40.5 Å². The van der Waals surface area contributed by atoms with Crippen molar-refractivity contribution >= 4 is 17.2 Å². The Morgan fingerprint density at radius 1 is 1.65 bits per heavy atom. The van der Waals surface area contributed by atoms with Crippen molar-refractivity contribution in [3.8, 4) is 0 Å². The second-order valence-electron chi connectivity index (χ2n) is 4.66. The summed E-state index contributed by atoms with van der Waals surface area (Å²) in [6, 6.07) is 3.95. The number of aliphatic hydroxyl groups excluding tert-OH is 1. The molecule has 1 aliphatic rings. The zero-order chi connectivity index (χ0) is 12.4. The van der Waals surface area contributed by atoms with Crippen LogP contribution in [0.25, 0.3) is 0 Å². The van der Waals surface area contributed by atoms with Crippen LogP contribution in [0.5, 0.6) is 0 Å². The first-order valence-electron chi connectivity index (χ1n) is 6.18. The molecule has 1 fully saturated rings. The van der Waals surface area contributed by atoms with Crippen molar-refractivity contribution < 1.29 is 9.90 Å². The number of aryl methyl sites for hydroxylation is 1. The second kappa shape index (κ2) is 5.19. The van der Waals surface area contributed by atoms with Crippen molar-refractivity contribution in [2.45, 2.75) is 32.8 Å². The van der Waals surface area contributed by atoms with E-state index in [1.165, 1.54) is 4.88 Å². The maximum Gasteiger partial charge on any atom is 0.263 e. The smallest absolute Gasteiger partial charge is 0.263 e. The summed E-state index contributed by atoms with van der Waals surface area (Å²) in [6.07, 6.45) is 1.58. The number of carbonyl (C=O) groups excluding carboxylic acids is 1. The number of thiophene rings is 1. The van der Waals surface area contributed by atoms with Gasteiger partial charge in [-0.15, -0.1) is 11.3 Å². The van der Waals surface area contributed by atoms with Gasteiger partial charge in [0.1, 0.15) is 0 Å². The number of likely N-dealkylation sites (tertiary alicyclic amines) is 1. The average Bonchev–Trinajstić information content (AvgIpc) is 2.97. The first kappa shape index (κ1) is 12.6. The molecule has 0 radical (unpaired) electrons. The van der Waals surface area contributed by atoms with Crippen LogP contribution >= 0.6 is 11.3 Å². The van der Waals surface area contributed by atoms with E-state index in [1.54, 1.807) is 18.3 Å². The summed E-state index contributed by atoms with van der Waals surface area (Å²) in [4.78, 5) is 16.1. The number of nitrogens with zero attached hydrogens (tertiary/aromatic N) is 1. The molecule has 1 aliphatic heterocycles. The molecule has 1 N–H and O–H groups in total. The molecule has 0 aliphatic carbocycles. The Morgan fingerprint density at radius 2 is 2.41 bits per heavy atom. The highest BCUT2D eigenvalue weighted by atomic mass is 32.1. The van der Waals surface area contributed by atoms with Gasteiger partial charge in [0.05, 0.1) is 11.0 Å². The molecule has 94 valence electrons. The van der Waals surface area contributed by atoms with Crippen LogP contribution in [0.2, 0.25) is 0 Å². The van der Waals surface area contributed by atoms with Crippen molar-refractivity contribution in [1.82, 2.24) is 4.90 Å². The number of hydrogen-bond acceptors (Lipinski definition) is 3. The highest BCUT2D eigenvalue weighted by Crippen LogP contribution is 2.24. The van der Waals surface area contributed by atoms with Crippen molar-refractivity contribution in [3.05, 3.63) is 21.9 Å². The molecule has 0 saturated carbocycles. The third-order valence-corrected chi connectivity index (χ3v) is 4.63. The molecule has 4 heteroatoms. The molecule has 3 nitrogen and oxygen atoms in total. The Morgan fingerprint density at radius 3 is 2.94 bits per heavy atom. The predicted molar refractivity (Wildman–Crippen MR) is 69.4 cm³/mol. The average molecular weight is 253 g/mol. The Bertz CT molecular complexity index is 400. The van der Waals surface area contributed by atoms with Gasteiger partial charge in [0.25, 0.3) is 5.91 Å². The standard InChI is InChI=1S/C13H19NO2S/c1-3-11-4-5-12(17-11)13(16)14-7-6-10(8-14)9(2)15/h4-5,9-10,15H,3,6-8H2,1-2H3. The lowest BCUT2D eigenvalue weighted by atomic mass is 10.0. The van der Waals surface area contributed by atoms with Gasteiger partial charge in [-0.2, -0.15) is 0 Å². The SMILES string of the molecule is CCc1ccc(C(=O)N2CCC(C(C)O)C2)s1. The third-order valence-electron chi connectivity index (χ3n) is 3.42. The summed E-state index contributed by atoms with van der Waals surface area (Å²) >= 11 is 1.58. The molecular formula is C13H19NO2S. The predicted octanol–water partition coefficient (Wildman–Crippen LogP) is 2.15. The van der Waals surface area contributed by atoms with E-state index in [-0.39, 0.29) is 17.9 Å². The molecule has 2 unspecified atom stereocenters. The van der Waals surface area contributed by atoms with Crippen molar-refractivity contribution in [1.29, 1.82) is 0 Å². The zero-order valence-electron chi connectivity index (χ0n) is 10.3. The minimum atomic E-state index is -0.317. The number of carbonyl (C=O) groups is 1. The van der Waals surface area contributed by atoms with Crippen LogP contribution in [0.3, 0.4) is 0 Å². The molecule has 2 heterocycles. The third kappa shape index (κ3) is 2.69. The lowest BCUT2D eigenvalue weighted by molar-refractivity contribution is 0.0767. The minimum Gasteiger partial charge on any atom is -0.393 e. The van der Waals surface area contributed by atoms with Gasteiger partial charge >= 0.3 is 0 Å². The van der Waals surface area contributed by atoms with E-state index in [2.05, 4.69) is 6.92 Å². The van der Waals surface area contributed by atoms with E-state index >= 15 is 0 Å². The fourth-order valence-corrected chi connectivity index (χ4v) is 3.12. The summed E-state index contributed by atoms with van der Waals surface area (Å²) in [7, 11) is 0. The molecule has 0 bridgehead atoms. The van der Waals surface area contributed by atoms with Gasteiger partial charge in [0.2, 0.25) is 0 Å². The number of rotatable bonds is 3. The van der Waals surface area contributed by atoms with Crippen LogP contribution in [0.4, 0.5) is 0 Å². The number of aliphatic hydroxyl groups is 1. The van der Waals surface area contributed by atoms with E-state index in [9.17, 15) is 9.90 Å². The van der Waals surface area contributed by atoms with Crippen molar-refractivity contribution in [2.24, 2.45) is 5.92 Å². The van der Waals surface area contributed by atoms with Gasteiger partial charge in [-0.3, -0.25) is 4.79 Å². The van der Waals surface area contributed by atoms with Gasteiger partial charge in [-0.05, 0) is 31.9 Å². The van der Waals surface area contributed by atoms with Gasteiger partial charge in [0.15, 0.2) is 0 Å². The lowest BCUT2D eigenvalue weighted by Gasteiger charge is -2.16.